The van der Waals surface area contributed by atoms with Crippen LogP contribution in [0, 0.1) is 5.82 Å². The van der Waals surface area contributed by atoms with Gasteiger partial charge in [-0.05, 0) is 18.2 Å². The zero-order chi connectivity index (χ0) is 11.8. The molecule has 2 rings (SSSR count). The lowest BCUT2D eigenvalue weighted by molar-refractivity contribution is -0.121. The van der Waals surface area contributed by atoms with E-state index in [4.69, 9.17) is 9.79 Å². The van der Waals surface area contributed by atoms with Crippen molar-refractivity contribution < 1.29 is 28.3 Å². The van der Waals surface area contributed by atoms with Crippen molar-refractivity contribution in [3.05, 3.63) is 30.2 Å². The highest BCUT2D eigenvalue weighted by molar-refractivity contribution is 7.46. The van der Waals surface area contributed by atoms with Crippen LogP contribution in [0.15, 0.2) is 24.4 Å². The number of fused-ring (bicyclic) bond motifs is 1. The summed E-state index contributed by atoms with van der Waals surface area (Å²) in [6, 6.07) is 3.82. The molecule has 0 aliphatic heterocycles. The van der Waals surface area contributed by atoms with Gasteiger partial charge in [-0.25, -0.2) is 8.96 Å². The first-order chi connectivity index (χ1) is 7.46. The molecule has 1 heterocycles. The Bertz CT molecular complexity index is 563. The molecule has 0 fully saturated rings. The number of hydrogen-bond acceptors (Lipinski definition) is 3. The number of aromatic amines is 1. The van der Waals surface area contributed by atoms with Crippen LogP contribution in [-0.2, 0) is 9.24 Å². The molecule has 0 radical (unpaired) electrons. The van der Waals surface area contributed by atoms with E-state index in [1.54, 1.807) is 0 Å². The number of hydrogen-bond donors (Lipinski definition) is 3. The van der Waals surface area contributed by atoms with Crippen LogP contribution in [0.2, 0.25) is 0 Å². The van der Waals surface area contributed by atoms with Gasteiger partial charge in [0.1, 0.15) is 5.82 Å². The van der Waals surface area contributed by atoms with Gasteiger partial charge in [-0.15, -0.1) is 0 Å². The maximum absolute atomic E-state index is 12.8. The zero-order valence-electron chi connectivity index (χ0n) is 7.75. The smallest absolute Gasteiger partial charge is 0.358 e. The predicted octanol–water partition coefficient (Wildman–Crippen LogP) is 1.71. The highest BCUT2D eigenvalue weighted by atomic mass is 31.2. The number of rotatable bonds is 3. The van der Waals surface area contributed by atoms with Crippen LogP contribution >= 0.6 is 7.82 Å². The first kappa shape index (κ1) is 11.1. The Hall–Kier alpha value is -1.40. The molecule has 3 N–H and O–H groups in total. The van der Waals surface area contributed by atoms with E-state index < -0.39 is 13.6 Å². The molecule has 0 bridgehead atoms. The molecule has 6 nitrogen and oxygen atoms in total. The van der Waals surface area contributed by atoms with Gasteiger partial charge >= 0.3 is 7.82 Å². The summed E-state index contributed by atoms with van der Waals surface area (Å²) in [6.45, 7) is 0. The maximum Gasteiger partial charge on any atom is 0.505 e. The Morgan fingerprint density at radius 3 is 2.81 bits per heavy atom. The topological polar surface area (TPSA) is 91.8 Å². The van der Waals surface area contributed by atoms with Gasteiger partial charge in [-0.2, -0.15) is 0 Å². The van der Waals surface area contributed by atoms with Gasteiger partial charge in [-0.3, -0.25) is 0 Å². The molecule has 0 saturated carbocycles. The summed E-state index contributed by atoms with van der Waals surface area (Å²) in [4.78, 5) is 24.0. The second-order valence-electron chi connectivity index (χ2n) is 2.99. The molecular formula is C8H7FNO5P. The summed E-state index contributed by atoms with van der Waals surface area (Å²) in [5, 5.41) is 0.454. The van der Waals surface area contributed by atoms with E-state index in [1.807, 2.05) is 0 Å². The first-order valence-electron chi connectivity index (χ1n) is 4.14. The number of aromatic nitrogens is 1. The fourth-order valence-electron chi connectivity index (χ4n) is 1.23. The third kappa shape index (κ3) is 2.40. The second kappa shape index (κ2) is 3.88. The third-order valence-electron chi connectivity index (χ3n) is 1.83. The fraction of sp³-hybridized carbons (Fsp3) is 0. The second-order valence-corrected chi connectivity index (χ2v) is 4.12. The van der Waals surface area contributed by atoms with E-state index in [1.165, 1.54) is 24.4 Å². The summed E-state index contributed by atoms with van der Waals surface area (Å²) >= 11 is 0. The molecule has 0 atom stereocenters. The van der Waals surface area contributed by atoms with E-state index >= 15 is 0 Å². The largest absolute Gasteiger partial charge is 0.505 e. The number of H-pyrrole nitrogens is 1. The van der Waals surface area contributed by atoms with Gasteiger partial charge in [0.05, 0.1) is 5.52 Å². The summed E-state index contributed by atoms with van der Waals surface area (Å²) in [5.74, 6) is -0.366. The molecule has 0 aliphatic carbocycles. The van der Waals surface area contributed by atoms with Crippen molar-refractivity contribution in [2.75, 3.05) is 0 Å². The summed E-state index contributed by atoms with van der Waals surface area (Å²) in [6.07, 6.45) is 1.31. The Balaban J connectivity index is 2.29. The van der Waals surface area contributed by atoms with Gasteiger partial charge in [-0.1, -0.05) is 4.67 Å². The van der Waals surface area contributed by atoms with E-state index in [0.29, 0.717) is 10.9 Å². The predicted molar refractivity (Wildman–Crippen MR) is 52.0 cm³/mol. The standard InChI is InChI=1S/C8H7FNO5P/c9-5-1-2-6-7(3-5)10-4-8(6)14-15-16(11,12)13/h1-4,10H,(H2,11,12,13). The Kier molecular flexibility index (Phi) is 2.69. The molecule has 2 aromatic rings. The third-order valence-corrected chi connectivity index (χ3v) is 2.10. The van der Waals surface area contributed by atoms with Gasteiger partial charge in [0, 0.05) is 11.6 Å². The van der Waals surface area contributed by atoms with E-state index in [2.05, 4.69) is 14.5 Å². The molecule has 0 saturated heterocycles. The van der Waals surface area contributed by atoms with Crippen LogP contribution in [0.4, 0.5) is 4.39 Å². The summed E-state index contributed by atoms with van der Waals surface area (Å²) < 4.78 is 27.1. The molecule has 16 heavy (non-hydrogen) atoms. The normalized spacial score (nSPS) is 11.9. The maximum atomic E-state index is 12.8. The van der Waals surface area contributed by atoms with Crippen LogP contribution in [-0.4, -0.2) is 14.8 Å². The lowest BCUT2D eigenvalue weighted by Crippen LogP contribution is -1.93. The van der Waals surface area contributed by atoms with Crippen LogP contribution < -0.4 is 4.89 Å². The SMILES string of the molecule is O=P(O)(O)OOc1c[nH]c2cc(F)ccc12. The van der Waals surface area contributed by atoms with Crippen LogP contribution in [0.1, 0.15) is 0 Å². The lowest BCUT2D eigenvalue weighted by Gasteiger charge is -2.03. The Morgan fingerprint density at radius 2 is 2.12 bits per heavy atom. The van der Waals surface area contributed by atoms with Crippen molar-refractivity contribution >= 4 is 18.7 Å². The summed E-state index contributed by atoms with van der Waals surface area (Å²) in [7, 11) is -4.70. The zero-order valence-corrected chi connectivity index (χ0v) is 8.65. The Morgan fingerprint density at radius 1 is 1.38 bits per heavy atom. The molecule has 0 spiro atoms. The molecule has 1 aromatic carbocycles. The monoisotopic (exact) mass is 247 g/mol. The van der Waals surface area contributed by atoms with Gasteiger partial charge < -0.3 is 19.7 Å². The lowest BCUT2D eigenvalue weighted by atomic mass is 10.2. The van der Waals surface area contributed by atoms with Crippen molar-refractivity contribution in [2.45, 2.75) is 0 Å². The molecular weight excluding hydrogens is 240 g/mol. The minimum atomic E-state index is -4.70. The molecule has 0 amide bonds. The van der Waals surface area contributed by atoms with E-state index in [-0.39, 0.29) is 5.75 Å². The first-order valence-corrected chi connectivity index (χ1v) is 5.67. The van der Waals surface area contributed by atoms with Crippen LogP contribution in [0.25, 0.3) is 10.9 Å². The van der Waals surface area contributed by atoms with Crippen LogP contribution in [0.5, 0.6) is 5.75 Å². The van der Waals surface area contributed by atoms with Crippen molar-refractivity contribution in [3.63, 3.8) is 0 Å². The van der Waals surface area contributed by atoms with Crippen LogP contribution in [0.3, 0.4) is 0 Å². The van der Waals surface area contributed by atoms with Crippen molar-refractivity contribution in [3.8, 4) is 5.75 Å². The highest BCUT2D eigenvalue weighted by Gasteiger charge is 2.17. The van der Waals surface area contributed by atoms with Gasteiger partial charge in [0.25, 0.3) is 0 Å². The average molecular weight is 247 g/mol. The van der Waals surface area contributed by atoms with E-state index in [9.17, 15) is 8.96 Å². The van der Waals surface area contributed by atoms with Crippen molar-refractivity contribution in [2.24, 2.45) is 0 Å². The molecule has 86 valence electrons. The number of benzene rings is 1. The Labute approximate surface area is 88.8 Å². The van der Waals surface area contributed by atoms with E-state index in [0.717, 1.165) is 0 Å². The van der Waals surface area contributed by atoms with Crippen molar-refractivity contribution in [1.82, 2.24) is 4.98 Å². The summed E-state index contributed by atoms with van der Waals surface area (Å²) in [5.41, 5.74) is 0.435. The molecule has 0 aliphatic rings. The quantitative estimate of drug-likeness (QED) is 0.436. The molecule has 1 aromatic heterocycles. The highest BCUT2D eigenvalue weighted by Crippen LogP contribution is 2.38. The number of phosphoric acid groups is 1. The average Bonchev–Trinajstić information content (AvgIpc) is 2.56. The molecule has 8 heteroatoms. The van der Waals surface area contributed by atoms with Gasteiger partial charge in [0.15, 0.2) is 5.75 Å². The van der Waals surface area contributed by atoms with Gasteiger partial charge in [0.2, 0.25) is 0 Å². The fourth-order valence-corrected chi connectivity index (χ4v) is 1.41. The van der Waals surface area contributed by atoms with Crippen molar-refractivity contribution in [1.29, 1.82) is 0 Å². The number of nitrogens with one attached hydrogen (secondary N) is 1. The molecule has 0 unspecified atom stereocenters. The number of halogens is 1. The minimum absolute atomic E-state index is 0.0679. The minimum Gasteiger partial charge on any atom is -0.358 e.